The summed E-state index contributed by atoms with van der Waals surface area (Å²) in [6, 6.07) is 15.8. The Morgan fingerprint density at radius 2 is 1.81 bits per heavy atom. The lowest BCUT2D eigenvalue weighted by atomic mass is 10.3. The van der Waals surface area contributed by atoms with Crippen molar-refractivity contribution in [2.75, 3.05) is 16.8 Å². The summed E-state index contributed by atoms with van der Waals surface area (Å²) in [7, 11) is 0. The lowest BCUT2D eigenvalue weighted by Gasteiger charge is -2.17. The molecule has 0 fully saturated rings. The fourth-order valence-electron chi connectivity index (χ4n) is 2.59. The Bertz CT molecular complexity index is 1100. The Morgan fingerprint density at radius 1 is 1.10 bits per heavy atom. The first-order chi connectivity index (χ1) is 14.9. The molecule has 3 rings (SSSR count). The van der Waals surface area contributed by atoms with E-state index in [1.165, 1.54) is 35.3 Å². The number of para-hydroxylation sites is 1. The molecule has 7 nitrogen and oxygen atoms in total. The lowest BCUT2D eigenvalue weighted by Crippen LogP contribution is -2.31. The van der Waals surface area contributed by atoms with Crippen molar-refractivity contribution < 1.29 is 14.4 Å². The largest absolute Gasteiger partial charge is 0.343 e. The fourth-order valence-corrected chi connectivity index (χ4v) is 3.57. The molecule has 2 N–H and O–H groups in total. The molecular weight excluding hydrogens is 436 g/mol. The van der Waals surface area contributed by atoms with Crippen molar-refractivity contribution in [2.45, 2.75) is 6.92 Å². The number of benzene rings is 2. The van der Waals surface area contributed by atoms with Gasteiger partial charge in [0.1, 0.15) is 0 Å². The van der Waals surface area contributed by atoms with Gasteiger partial charge in [-0.05, 0) is 42.5 Å². The van der Waals surface area contributed by atoms with Crippen LogP contribution in [0, 0.1) is 0 Å². The number of nitrogens with one attached hydrogen (secondary N) is 2. The van der Waals surface area contributed by atoms with Gasteiger partial charge in [0, 0.05) is 29.1 Å². The monoisotopic (exact) mass is 454 g/mol. The van der Waals surface area contributed by atoms with Crippen molar-refractivity contribution >= 4 is 63.2 Å². The molecule has 3 amide bonds. The second-order valence-corrected chi connectivity index (χ2v) is 7.62. The summed E-state index contributed by atoms with van der Waals surface area (Å²) < 4.78 is 0. The quantitative estimate of drug-likeness (QED) is 0.522. The highest BCUT2D eigenvalue weighted by Gasteiger charge is 2.17. The first-order valence-electron chi connectivity index (χ1n) is 9.25. The number of rotatable bonds is 7. The number of halogens is 1. The SMILES string of the molecule is CC(=O)N(c1ccccc1)c1nc(C=CC(=O)NCC(=O)Nc2ccc(Cl)cc2)cs1. The predicted molar refractivity (Wildman–Crippen MR) is 124 cm³/mol. The van der Waals surface area contributed by atoms with Crippen molar-refractivity contribution in [2.24, 2.45) is 0 Å². The van der Waals surface area contributed by atoms with E-state index in [0.29, 0.717) is 27.2 Å². The minimum absolute atomic E-state index is 0.166. The fraction of sp³-hybridized carbons (Fsp3) is 0.0909. The third-order valence-corrected chi connectivity index (χ3v) is 5.08. The zero-order chi connectivity index (χ0) is 22.2. The summed E-state index contributed by atoms with van der Waals surface area (Å²) in [5.74, 6) is -0.965. The summed E-state index contributed by atoms with van der Waals surface area (Å²) >= 11 is 7.09. The van der Waals surface area contributed by atoms with E-state index < -0.39 is 5.91 Å². The first-order valence-corrected chi connectivity index (χ1v) is 10.5. The molecule has 3 aromatic rings. The van der Waals surface area contributed by atoms with Crippen LogP contribution in [0.5, 0.6) is 0 Å². The number of hydrogen-bond donors (Lipinski definition) is 2. The molecule has 0 spiro atoms. The molecule has 1 heterocycles. The van der Waals surface area contributed by atoms with E-state index in [4.69, 9.17) is 11.6 Å². The molecule has 9 heteroatoms. The molecule has 31 heavy (non-hydrogen) atoms. The zero-order valence-corrected chi connectivity index (χ0v) is 18.1. The van der Waals surface area contributed by atoms with Crippen molar-refractivity contribution in [1.82, 2.24) is 10.3 Å². The van der Waals surface area contributed by atoms with Crippen molar-refractivity contribution in [3.8, 4) is 0 Å². The van der Waals surface area contributed by atoms with E-state index >= 15 is 0 Å². The van der Waals surface area contributed by atoms with Crippen LogP contribution in [-0.4, -0.2) is 29.3 Å². The number of amides is 3. The number of thiazole rings is 1. The molecule has 2 aromatic carbocycles. The van der Waals surface area contributed by atoms with Crippen LogP contribution in [-0.2, 0) is 14.4 Å². The van der Waals surface area contributed by atoms with Gasteiger partial charge < -0.3 is 10.6 Å². The summed E-state index contributed by atoms with van der Waals surface area (Å²) in [5.41, 5.74) is 1.83. The van der Waals surface area contributed by atoms with E-state index in [1.54, 1.807) is 29.6 Å². The molecule has 0 bridgehead atoms. The number of anilines is 3. The van der Waals surface area contributed by atoms with Crippen LogP contribution in [0.1, 0.15) is 12.6 Å². The molecule has 0 radical (unpaired) electrons. The van der Waals surface area contributed by atoms with Gasteiger partial charge >= 0.3 is 0 Å². The molecule has 0 atom stereocenters. The van der Waals surface area contributed by atoms with E-state index in [-0.39, 0.29) is 18.4 Å². The molecule has 1 aromatic heterocycles. The standard InChI is InChI=1S/C22H19ClN4O3S/c1-15(28)27(19-5-3-2-4-6-19)22-26-18(14-31-22)11-12-20(29)24-13-21(30)25-17-9-7-16(23)8-10-17/h2-12,14H,13H2,1H3,(H,24,29)(H,25,30). The average Bonchev–Trinajstić information content (AvgIpc) is 3.21. The summed E-state index contributed by atoms with van der Waals surface area (Å²) in [4.78, 5) is 41.9. The highest BCUT2D eigenvalue weighted by atomic mass is 35.5. The maximum Gasteiger partial charge on any atom is 0.244 e. The van der Waals surface area contributed by atoms with E-state index in [9.17, 15) is 14.4 Å². The van der Waals surface area contributed by atoms with Gasteiger partial charge in [-0.3, -0.25) is 19.3 Å². The second kappa shape index (κ2) is 10.5. The van der Waals surface area contributed by atoms with Gasteiger partial charge in [0.25, 0.3) is 0 Å². The Labute approximate surface area is 188 Å². The van der Waals surface area contributed by atoms with Gasteiger partial charge in [0.15, 0.2) is 5.13 Å². The number of carbonyl (C=O) groups excluding carboxylic acids is 3. The van der Waals surface area contributed by atoms with Gasteiger partial charge in [-0.2, -0.15) is 0 Å². The zero-order valence-electron chi connectivity index (χ0n) is 16.5. The number of aromatic nitrogens is 1. The van der Waals surface area contributed by atoms with Crippen LogP contribution < -0.4 is 15.5 Å². The van der Waals surface area contributed by atoms with Crippen molar-refractivity contribution in [3.63, 3.8) is 0 Å². The van der Waals surface area contributed by atoms with E-state index in [2.05, 4.69) is 15.6 Å². The molecule has 0 saturated heterocycles. The minimum Gasteiger partial charge on any atom is -0.343 e. The molecule has 0 aliphatic heterocycles. The van der Waals surface area contributed by atoms with E-state index in [0.717, 1.165) is 0 Å². The number of nitrogens with zero attached hydrogens (tertiary/aromatic N) is 2. The minimum atomic E-state index is -0.438. The summed E-state index contributed by atoms with van der Waals surface area (Å²) in [6.45, 7) is 1.28. The molecule has 0 unspecified atom stereocenters. The lowest BCUT2D eigenvalue weighted by molar-refractivity contribution is -0.121. The Hall–Kier alpha value is -3.49. The predicted octanol–water partition coefficient (Wildman–Crippen LogP) is 4.25. The Balaban J connectivity index is 1.55. The third kappa shape index (κ3) is 6.50. The van der Waals surface area contributed by atoms with Gasteiger partial charge in [0.05, 0.1) is 17.9 Å². The third-order valence-electron chi connectivity index (χ3n) is 3.99. The average molecular weight is 455 g/mol. The maximum atomic E-state index is 12.1. The normalized spacial score (nSPS) is 10.6. The van der Waals surface area contributed by atoms with Crippen LogP contribution in [0.25, 0.3) is 6.08 Å². The molecule has 158 valence electrons. The van der Waals surface area contributed by atoms with Gasteiger partial charge in [-0.1, -0.05) is 29.8 Å². The van der Waals surface area contributed by atoms with Gasteiger partial charge in [0.2, 0.25) is 17.7 Å². The van der Waals surface area contributed by atoms with Crippen LogP contribution >= 0.6 is 22.9 Å². The Morgan fingerprint density at radius 3 is 2.48 bits per heavy atom. The Kier molecular flexibility index (Phi) is 7.53. The maximum absolute atomic E-state index is 12.1. The highest BCUT2D eigenvalue weighted by Crippen LogP contribution is 2.28. The van der Waals surface area contributed by atoms with Crippen LogP contribution in [0.15, 0.2) is 66.1 Å². The van der Waals surface area contributed by atoms with Crippen molar-refractivity contribution in [1.29, 1.82) is 0 Å². The number of carbonyl (C=O) groups is 3. The van der Waals surface area contributed by atoms with E-state index in [1.807, 2.05) is 30.3 Å². The second-order valence-electron chi connectivity index (χ2n) is 6.35. The molecule has 0 aliphatic rings. The van der Waals surface area contributed by atoms with Crippen LogP contribution in [0.3, 0.4) is 0 Å². The summed E-state index contributed by atoms with van der Waals surface area (Å²) in [5, 5.41) is 7.97. The van der Waals surface area contributed by atoms with Gasteiger partial charge in [-0.15, -0.1) is 11.3 Å². The van der Waals surface area contributed by atoms with Gasteiger partial charge in [-0.25, -0.2) is 4.98 Å². The van der Waals surface area contributed by atoms with Crippen molar-refractivity contribution in [3.05, 3.63) is 76.8 Å². The first kappa shape index (κ1) is 22.2. The smallest absolute Gasteiger partial charge is 0.244 e. The highest BCUT2D eigenvalue weighted by molar-refractivity contribution is 7.14. The van der Waals surface area contributed by atoms with Crippen LogP contribution in [0.4, 0.5) is 16.5 Å². The van der Waals surface area contributed by atoms with Crippen LogP contribution in [0.2, 0.25) is 5.02 Å². The summed E-state index contributed by atoms with van der Waals surface area (Å²) in [6.07, 6.45) is 2.81. The molecular formula is C22H19ClN4O3S. The number of hydrogen-bond acceptors (Lipinski definition) is 5. The topological polar surface area (TPSA) is 91.4 Å². The molecule has 0 saturated carbocycles. The molecule has 0 aliphatic carbocycles.